The lowest BCUT2D eigenvalue weighted by Gasteiger charge is -2.27. The molecule has 0 unspecified atom stereocenters. The summed E-state index contributed by atoms with van der Waals surface area (Å²) in [6, 6.07) is -0.545. The number of hydrogen-bond donors (Lipinski definition) is 1. The van der Waals surface area contributed by atoms with Crippen LogP contribution < -0.4 is 5.32 Å². The monoisotopic (exact) mass is 267 g/mol. The molecular weight excluding hydrogens is 250 g/mol. The zero-order valence-electron chi connectivity index (χ0n) is 11.1. The standard InChI is InChI=1S/C12H17N3O4/c1-12(2)10(18)15(11(19)13-12)7-9(17)14-5-3-8(16)4-6-14/h3-7H2,1-2H3,(H,13,19). The van der Waals surface area contributed by atoms with E-state index in [2.05, 4.69) is 5.32 Å². The molecule has 1 N–H and O–H groups in total. The van der Waals surface area contributed by atoms with E-state index in [1.807, 2.05) is 0 Å². The third-order valence-electron chi connectivity index (χ3n) is 3.41. The molecule has 0 bridgehead atoms. The molecule has 0 atom stereocenters. The number of piperidine rings is 1. The number of nitrogens with zero attached hydrogens (tertiary/aromatic N) is 2. The molecule has 19 heavy (non-hydrogen) atoms. The summed E-state index contributed by atoms with van der Waals surface area (Å²) >= 11 is 0. The minimum atomic E-state index is -0.963. The number of Topliss-reactive ketones (excluding diaryl/α,β-unsaturated/α-hetero) is 1. The number of amides is 4. The van der Waals surface area contributed by atoms with Crippen molar-refractivity contribution in [2.45, 2.75) is 32.2 Å². The van der Waals surface area contributed by atoms with E-state index in [4.69, 9.17) is 0 Å². The Morgan fingerprint density at radius 1 is 1.21 bits per heavy atom. The number of urea groups is 1. The molecule has 0 aliphatic carbocycles. The van der Waals surface area contributed by atoms with Crippen molar-refractivity contribution in [3.05, 3.63) is 0 Å². The van der Waals surface area contributed by atoms with Gasteiger partial charge in [0.2, 0.25) is 5.91 Å². The highest BCUT2D eigenvalue weighted by Crippen LogP contribution is 2.17. The third-order valence-corrected chi connectivity index (χ3v) is 3.41. The quantitative estimate of drug-likeness (QED) is 0.684. The molecule has 0 aromatic heterocycles. The first kappa shape index (κ1) is 13.5. The van der Waals surface area contributed by atoms with Crippen molar-refractivity contribution in [1.29, 1.82) is 0 Å². The zero-order valence-corrected chi connectivity index (χ0v) is 11.1. The van der Waals surface area contributed by atoms with Crippen LogP contribution in [0.5, 0.6) is 0 Å². The molecule has 104 valence electrons. The number of carbonyl (C=O) groups is 4. The van der Waals surface area contributed by atoms with Crippen LogP contribution in [0.4, 0.5) is 4.79 Å². The molecule has 2 aliphatic rings. The fourth-order valence-electron chi connectivity index (χ4n) is 2.20. The summed E-state index contributed by atoms with van der Waals surface area (Å²) in [4.78, 5) is 49.1. The second kappa shape index (κ2) is 4.64. The lowest BCUT2D eigenvalue weighted by molar-refractivity contribution is -0.140. The Hall–Kier alpha value is -1.92. The van der Waals surface area contributed by atoms with E-state index in [0.717, 1.165) is 4.90 Å². The lowest BCUT2D eigenvalue weighted by atomic mass is 10.1. The topological polar surface area (TPSA) is 86.8 Å². The minimum absolute atomic E-state index is 0.139. The summed E-state index contributed by atoms with van der Waals surface area (Å²) in [7, 11) is 0. The number of rotatable bonds is 2. The molecule has 2 saturated heterocycles. The number of likely N-dealkylation sites (tertiary alicyclic amines) is 1. The molecule has 0 saturated carbocycles. The van der Waals surface area contributed by atoms with Crippen LogP contribution >= 0.6 is 0 Å². The van der Waals surface area contributed by atoms with Crippen LogP contribution in [-0.4, -0.2) is 58.6 Å². The Bertz CT molecular complexity index is 448. The molecule has 4 amide bonds. The predicted octanol–water partition coefficient (Wildman–Crippen LogP) is -0.492. The Kier molecular flexibility index (Phi) is 3.30. The molecule has 0 aromatic rings. The van der Waals surface area contributed by atoms with Gasteiger partial charge in [-0.2, -0.15) is 0 Å². The second-order valence-corrected chi connectivity index (χ2v) is 5.37. The summed E-state index contributed by atoms with van der Waals surface area (Å²) in [6.45, 7) is 3.66. The average Bonchev–Trinajstić information content (AvgIpc) is 2.52. The second-order valence-electron chi connectivity index (χ2n) is 5.37. The molecule has 2 aliphatic heterocycles. The fraction of sp³-hybridized carbons (Fsp3) is 0.667. The molecule has 0 spiro atoms. The molecule has 7 heteroatoms. The van der Waals surface area contributed by atoms with Gasteiger partial charge in [-0.25, -0.2) is 4.79 Å². The van der Waals surface area contributed by atoms with Crippen LogP contribution in [0.25, 0.3) is 0 Å². The van der Waals surface area contributed by atoms with Crippen LogP contribution in [0.3, 0.4) is 0 Å². The van der Waals surface area contributed by atoms with Crippen LogP contribution in [-0.2, 0) is 14.4 Å². The van der Waals surface area contributed by atoms with Gasteiger partial charge in [-0.15, -0.1) is 0 Å². The van der Waals surface area contributed by atoms with E-state index in [1.54, 1.807) is 13.8 Å². The van der Waals surface area contributed by atoms with E-state index in [9.17, 15) is 19.2 Å². The van der Waals surface area contributed by atoms with Gasteiger partial charge < -0.3 is 10.2 Å². The normalized spacial score (nSPS) is 22.7. The Labute approximate surface area is 110 Å². The number of hydrogen-bond acceptors (Lipinski definition) is 4. The maximum absolute atomic E-state index is 12.0. The molecule has 0 aromatic carbocycles. The van der Waals surface area contributed by atoms with Crippen molar-refractivity contribution in [2.24, 2.45) is 0 Å². The SMILES string of the molecule is CC1(C)NC(=O)N(CC(=O)N2CCC(=O)CC2)C1=O. The average molecular weight is 267 g/mol. The van der Waals surface area contributed by atoms with Crippen LogP contribution in [0, 0.1) is 0 Å². The van der Waals surface area contributed by atoms with Gasteiger partial charge in [-0.1, -0.05) is 0 Å². The van der Waals surface area contributed by atoms with Gasteiger partial charge in [0.25, 0.3) is 5.91 Å². The largest absolute Gasteiger partial charge is 0.340 e. The van der Waals surface area contributed by atoms with Crippen molar-refractivity contribution < 1.29 is 19.2 Å². The number of carbonyl (C=O) groups excluding carboxylic acids is 4. The molecule has 2 rings (SSSR count). The van der Waals surface area contributed by atoms with Crippen LogP contribution in [0.2, 0.25) is 0 Å². The van der Waals surface area contributed by atoms with E-state index in [-0.39, 0.29) is 18.2 Å². The Morgan fingerprint density at radius 3 is 2.26 bits per heavy atom. The third kappa shape index (κ3) is 2.59. The van der Waals surface area contributed by atoms with E-state index in [1.165, 1.54) is 4.90 Å². The first-order valence-electron chi connectivity index (χ1n) is 6.25. The predicted molar refractivity (Wildman–Crippen MR) is 65.1 cm³/mol. The first-order valence-corrected chi connectivity index (χ1v) is 6.25. The minimum Gasteiger partial charge on any atom is -0.340 e. The van der Waals surface area contributed by atoms with E-state index < -0.39 is 17.5 Å². The van der Waals surface area contributed by atoms with Gasteiger partial charge in [0.15, 0.2) is 0 Å². The van der Waals surface area contributed by atoms with Gasteiger partial charge >= 0.3 is 6.03 Å². The van der Waals surface area contributed by atoms with Crippen molar-refractivity contribution in [2.75, 3.05) is 19.6 Å². The van der Waals surface area contributed by atoms with Crippen molar-refractivity contribution in [3.63, 3.8) is 0 Å². The van der Waals surface area contributed by atoms with Gasteiger partial charge in [-0.05, 0) is 13.8 Å². The summed E-state index contributed by atoms with van der Waals surface area (Å²) in [5.74, 6) is -0.562. The molecule has 7 nitrogen and oxygen atoms in total. The molecule has 2 heterocycles. The smallest absolute Gasteiger partial charge is 0.325 e. The first-order chi connectivity index (χ1) is 8.81. The molecule has 2 fully saturated rings. The maximum Gasteiger partial charge on any atom is 0.325 e. The number of imide groups is 1. The van der Waals surface area contributed by atoms with Crippen molar-refractivity contribution in [3.8, 4) is 0 Å². The van der Waals surface area contributed by atoms with E-state index in [0.29, 0.717) is 25.9 Å². The highest BCUT2D eigenvalue weighted by Gasteiger charge is 2.45. The van der Waals surface area contributed by atoms with Gasteiger partial charge in [0, 0.05) is 25.9 Å². The van der Waals surface area contributed by atoms with Crippen molar-refractivity contribution in [1.82, 2.24) is 15.1 Å². The van der Waals surface area contributed by atoms with Crippen molar-refractivity contribution >= 4 is 23.6 Å². The van der Waals surface area contributed by atoms with Gasteiger partial charge in [-0.3, -0.25) is 19.3 Å². The Balaban J connectivity index is 1.98. The van der Waals surface area contributed by atoms with Gasteiger partial charge in [0.05, 0.1) is 0 Å². The highest BCUT2D eigenvalue weighted by molar-refractivity contribution is 6.08. The van der Waals surface area contributed by atoms with Crippen LogP contribution in [0.1, 0.15) is 26.7 Å². The molecule has 0 radical (unpaired) electrons. The molecular formula is C12H17N3O4. The Morgan fingerprint density at radius 2 is 1.79 bits per heavy atom. The highest BCUT2D eigenvalue weighted by atomic mass is 16.2. The summed E-state index contributed by atoms with van der Waals surface area (Å²) in [6.07, 6.45) is 0.689. The fourth-order valence-corrected chi connectivity index (χ4v) is 2.20. The number of nitrogens with one attached hydrogen (secondary N) is 1. The summed E-state index contributed by atoms with van der Waals surface area (Å²) in [5.41, 5.74) is -0.963. The lowest BCUT2D eigenvalue weighted by Crippen LogP contribution is -2.46. The van der Waals surface area contributed by atoms with E-state index >= 15 is 0 Å². The maximum atomic E-state index is 12.0. The number of ketones is 1. The summed E-state index contributed by atoms with van der Waals surface area (Å²) in [5, 5.41) is 2.52. The van der Waals surface area contributed by atoms with Crippen LogP contribution in [0.15, 0.2) is 0 Å². The van der Waals surface area contributed by atoms with Gasteiger partial charge in [0.1, 0.15) is 17.9 Å². The summed E-state index contributed by atoms with van der Waals surface area (Å²) < 4.78 is 0. The zero-order chi connectivity index (χ0) is 14.2.